The second-order valence-electron chi connectivity index (χ2n) is 4.81. The molecule has 0 unspecified atom stereocenters. The summed E-state index contributed by atoms with van der Waals surface area (Å²) in [5.74, 6) is 1.07. The zero-order chi connectivity index (χ0) is 13.7. The summed E-state index contributed by atoms with van der Waals surface area (Å²) in [4.78, 5) is 16.0. The van der Waals surface area contributed by atoms with E-state index in [1.807, 2.05) is 13.8 Å². The summed E-state index contributed by atoms with van der Waals surface area (Å²) in [6, 6.07) is 0. The minimum absolute atomic E-state index is 0.0666. The van der Waals surface area contributed by atoms with Crippen LogP contribution in [0.3, 0.4) is 0 Å². The van der Waals surface area contributed by atoms with E-state index in [0.29, 0.717) is 18.2 Å². The smallest absolute Gasteiger partial charge is 0.230 e. The van der Waals surface area contributed by atoms with Gasteiger partial charge in [0.15, 0.2) is 5.16 Å². The predicted octanol–water partition coefficient (Wildman–Crippen LogP) is 2.38. The third kappa shape index (κ3) is 4.05. The lowest BCUT2D eigenvalue weighted by Gasteiger charge is -2.12. The highest BCUT2D eigenvalue weighted by Crippen LogP contribution is 2.22. The fraction of sp³-hybridized carbons (Fsp3) is 0.692. The Morgan fingerprint density at radius 1 is 1.44 bits per heavy atom. The highest BCUT2D eigenvalue weighted by Gasteiger charge is 2.13. The minimum Gasteiger partial charge on any atom is -0.356 e. The Morgan fingerprint density at radius 2 is 2.11 bits per heavy atom. The SMILES string of the molecule is CCNC(=O)CSc1nc(C)c(C)n1CC(C)C. The van der Waals surface area contributed by atoms with Gasteiger partial charge in [-0.2, -0.15) is 0 Å². The number of nitrogens with zero attached hydrogens (tertiary/aromatic N) is 2. The molecule has 0 saturated carbocycles. The Hall–Kier alpha value is -0.970. The summed E-state index contributed by atoms with van der Waals surface area (Å²) in [5.41, 5.74) is 2.25. The number of hydrogen-bond donors (Lipinski definition) is 1. The quantitative estimate of drug-likeness (QED) is 0.807. The van der Waals surface area contributed by atoms with Crippen molar-refractivity contribution in [2.75, 3.05) is 12.3 Å². The normalized spacial score (nSPS) is 11.0. The number of nitrogens with one attached hydrogen (secondary N) is 1. The first-order valence-corrected chi connectivity index (χ1v) is 7.37. The van der Waals surface area contributed by atoms with Crippen LogP contribution in [0.25, 0.3) is 0 Å². The van der Waals surface area contributed by atoms with Gasteiger partial charge < -0.3 is 9.88 Å². The van der Waals surface area contributed by atoms with Gasteiger partial charge in [0.25, 0.3) is 0 Å². The molecular weight excluding hydrogens is 246 g/mol. The number of carbonyl (C=O) groups is 1. The Morgan fingerprint density at radius 3 is 2.67 bits per heavy atom. The molecule has 0 spiro atoms. The van der Waals surface area contributed by atoms with E-state index in [2.05, 4.69) is 35.6 Å². The van der Waals surface area contributed by atoms with Crippen molar-refractivity contribution in [2.24, 2.45) is 5.92 Å². The molecule has 0 aliphatic heterocycles. The lowest BCUT2D eigenvalue weighted by atomic mass is 10.2. The summed E-state index contributed by atoms with van der Waals surface area (Å²) in [6.07, 6.45) is 0. The van der Waals surface area contributed by atoms with Crippen LogP contribution in [0, 0.1) is 19.8 Å². The maximum Gasteiger partial charge on any atom is 0.230 e. The van der Waals surface area contributed by atoms with E-state index in [4.69, 9.17) is 0 Å². The van der Waals surface area contributed by atoms with Gasteiger partial charge in [0, 0.05) is 18.8 Å². The number of imidazole rings is 1. The van der Waals surface area contributed by atoms with Crippen molar-refractivity contribution in [3.63, 3.8) is 0 Å². The standard InChI is InChI=1S/C13H23N3OS/c1-6-14-12(17)8-18-13-15-10(4)11(5)16(13)7-9(2)3/h9H,6-8H2,1-5H3,(H,14,17). The van der Waals surface area contributed by atoms with Crippen LogP contribution >= 0.6 is 11.8 Å². The summed E-state index contributed by atoms with van der Waals surface area (Å²) < 4.78 is 2.21. The highest BCUT2D eigenvalue weighted by molar-refractivity contribution is 7.99. The van der Waals surface area contributed by atoms with Crippen LogP contribution in [0.1, 0.15) is 32.2 Å². The molecule has 102 valence electrons. The number of carbonyl (C=O) groups excluding carboxylic acids is 1. The number of thioether (sulfide) groups is 1. The molecule has 0 bridgehead atoms. The van der Waals surface area contributed by atoms with Crippen LogP contribution in [0.15, 0.2) is 5.16 Å². The van der Waals surface area contributed by atoms with Gasteiger partial charge in [-0.1, -0.05) is 25.6 Å². The zero-order valence-electron chi connectivity index (χ0n) is 11.9. The van der Waals surface area contributed by atoms with Crippen LogP contribution in [0.5, 0.6) is 0 Å². The van der Waals surface area contributed by atoms with E-state index in [1.54, 1.807) is 0 Å². The molecule has 1 aromatic heterocycles. The van der Waals surface area contributed by atoms with Crippen LogP contribution < -0.4 is 5.32 Å². The molecule has 18 heavy (non-hydrogen) atoms. The summed E-state index contributed by atoms with van der Waals surface area (Å²) in [6.45, 7) is 12.0. The van der Waals surface area contributed by atoms with E-state index in [9.17, 15) is 4.79 Å². The molecule has 1 amide bonds. The number of amides is 1. The molecule has 5 heteroatoms. The molecule has 1 heterocycles. The lowest BCUT2D eigenvalue weighted by Crippen LogP contribution is -2.24. The van der Waals surface area contributed by atoms with E-state index < -0.39 is 0 Å². The first kappa shape index (κ1) is 15.1. The number of aromatic nitrogens is 2. The first-order valence-electron chi connectivity index (χ1n) is 6.38. The lowest BCUT2D eigenvalue weighted by molar-refractivity contribution is -0.118. The number of hydrogen-bond acceptors (Lipinski definition) is 3. The van der Waals surface area contributed by atoms with Gasteiger partial charge in [-0.3, -0.25) is 4.79 Å². The second-order valence-corrected chi connectivity index (χ2v) is 5.75. The van der Waals surface area contributed by atoms with Crippen molar-refractivity contribution < 1.29 is 4.79 Å². The molecule has 0 fully saturated rings. The molecule has 0 atom stereocenters. The topological polar surface area (TPSA) is 46.9 Å². The van der Waals surface area contributed by atoms with Crippen molar-refractivity contribution in [1.29, 1.82) is 0 Å². The van der Waals surface area contributed by atoms with Crippen molar-refractivity contribution in [3.8, 4) is 0 Å². The van der Waals surface area contributed by atoms with Crippen molar-refractivity contribution in [3.05, 3.63) is 11.4 Å². The van der Waals surface area contributed by atoms with Crippen molar-refractivity contribution in [2.45, 2.75) is 46.3 Å². The van der Waals surface area contributed by atoms with E-state index in [0.717, 1.165) is 17.4 Å². The third-order valence-corrected chi connectivity index (χ3v) is 3.65. The molecule has 0 aromatic carbocycles. The summed E-state index contributed by atoms with van der Waals surface area (Å²) >= 11 is 1.51. The Kier molecular flexibility index (Phi) is 5.72. The second kappa shape index (κ2) is 6.83. The van der Waals surface area contributed by atoms with E-state index in [1.165, 1.54) is 17.5 Å². The Labute approximate surface area is 114 Å². The van der Waals surface area contributed by atoms with Crippen LogP contribution in [0.2, 0.25) is 0 Å². The summed E-state index contributed by atoms with van der Waals surface area (Å²) in [7, 11) is 0. The average molecular weight is 269 g/mol. The maximum absolute atomic E-state index is 11.5. The van der Waals surface area contributed by atoms with Crippen LogP contribution in [-0.4, -0.2) is 27.8 Å². The molecular formula is C13H23N3OS. The fourth-order valence-electron chi connectivity index (χ4n) is 1.69. The highest BCUT2D eigenvalue weighted by atomic mass is 32.2. The van der Waals surface area contributed by atoms with Gasteiger partial charge in [-0.15, -0.1) is 0 Å². The third-order valence-electron chi connectivity index (χ3n) is 2.68. The van der Waals surface area contributed by atoms with Crippen molar-refractivity contribution in [1.82, 2.24) is 14.9 Å². The predicted molar refractivity (Wildman–Crippen MR) is 75.9 cm³/mol. The van der Waals surface area contributed by atoms with Crippen LogP contribution in [-0.2, 0) is 11.3 Å². The van der Waals surface area contributed by atoms with Gasteiger partial charge >= 0.3 is 0 Å². The van der Waals surface area contributed by atoms with Crippen LogP contribution in [0.4, 0.5) is 0 Å². The Bertz CT molecular complexity index is 413. The van der Waals surface area contributed by atoms with Gasteiger partial charge in [0.2, 0.25) is 5.91 Å². The fourth-order valence-corrected chi connectivity index (χ4v) is 2.62. The molecule has 4 nitrogen and oxygen atoms in total. The maximum atomic E-state index is 11.5. The zero-order valence-corrected chi connectivity index (χ0v) is 12.7. The molecule has 0 saturated heterocycles. The monoisotopic (exact) mass is 269 g/mol. The van der Waals surface area contributed by atoms with Gasteiger partial charge in [-0.05, 0) is 26.7 Å². The van der Waals surface area contributed by atoms with E-state index >= 15 is 0 Å². The first-order chi connectivity index (χ1) is 8.45. The number of aryl methyl sites for hydroxylation is 1. The van der Waals surface area contributed by atoms with Gasteiger partial charge in [0.05, 0.1) is 11.4 Å². The Balaban J connectivity index is 2.75. The molecule has 1 N–H and O–H groups in total. The molecule has 1 rings (SSSR count). The molecule has 0 aliphatic carbocycles. The molecule has 0 aliphatic rings. The van der Waals surface area contributed by atoms with Gasteiger partial charge in [0.1, 0.15) is 0 Å². The minimum atomic E-state index is 0.0666. The van der Waals surface area contributed by atoms with Gasteiger partial charge in [-0.25, -0.2) is 4.98 Å². The molecule has 1 aromatic rings. The molecule has 0 radical (unpaired) electrons. The van der Waals surface area contributed by atoms with E-state index in [-0.39, 0.29) is 5.91 Å². The summed E-state index contributed by atoms with van der Waals surface area (Å²) in [5, 5.41) is 3.75. The average Bonchev–Trinajstić information content (AvgIpc) is 2.54. The van der Waals surface area contributed by atoms with Crippen molar-refractivity contribution >= 4 is 17.7 Å². The largest absolute Gasteiger partial charge is 0.356 e. The number of rotatable bonds is 6.